The highest BCUT2D eigenvalue weighted by Gasteiger charge is 2.28. The minimum absolute atomic E-state index is 0.0809. The Morgan fingerprint density at radius 3 is 2.74 bits per heavy atom. The van der Waals surface area contributed by atoms with E-state index in [1.165, 1.54) is 0 Å². The second-order valence-corrected chi connectivity index (χ2v) is 5.62. The molecule has 0 bridgehead atoms. The van der Waals surface area contributed by atoms with E-state index in [2.05, 4.69) is 5.32 Å². The van der Waals surface area contributed by atoms with E-state index in [9.17, 15) is 9.59 Å². The number of carbonyl (C=O) groups excluding carboxylic acids is 2. The Hall–Kier alpha value is -1.01. The van der Waals surface area contributed by atoms with E-state index in [0.29, 0.717) is 26.2 Å². The van der Waals surface area contributed by atoms with Gasteiger partial charge in [-0.25, -0.2) is 4.79 Å². The van der Waals surface area contributed by atoms with Crippen molar-refractivity contribution in [3.05, 3.63) is 0 Å². The van der Waals surface area contributed by atoms with Gasteiger partial charge >= 0.3 is 6.09 Å². The Morgan fingerprint density at radius 2 is 2.16 bits per heavy atom. The van der Waals surface area contributed by atoms with Gasteiger partial charge in [-0.1, -0.05) is 0 Å². The van der Waals surface area contributed by atoms with Crippen LogP contribution in [0.3, 0.4) is 0 Å². The molecule has 2 amide bonds. The fraction of sp³-hybridized carbons (Fsp3) is 0.833. The van der Waals surface area contributed by atoms with Crippen LogP contribution in [-0.2, 0) is 14.3 Å². The maximum absolute atomic E-state index is 11.9. The molecule has 1 aliphatic rings. The van der Waals surface area contributed by atoms with Gasteiger partial charge in [0.15, 0.2) is 0 Å². The quantitative estimate of drug-likeness (QED) is 0.787. The normalized spacial score (nSPS) is 20.0. The van der Waals surface area contributed by atoms with E-state index in [0.717, 1.165) is 0 Å². The van der Waals surface area contributed by atoms with Gasteiger partial charge in [0.2, 0.25) is 5.91 Å². The van der Waals surface area contributed by atoms with Gasteiger partial charge in [-0.15, -0.1) is 11.6 Å². The molecule has 6 nitrogen and oxygen atoms in total. The molecular formula is C12H21ClN2O4. The van der Waals surface area contributed by atoms with Crippen molar-refractivity contribution in [2.45, 2.75) is 32.5 Å². The predicted octanol–water partition coefficient (Wildman–Crippen LogP) is 0.977. The van der Waals surface area contributed by atoms with Crippen LogP contribution in [0.25, 0.3) is 0 Å². The smallest absolute Gasteiger partial charge is 0.410 e. The summed E-state index contributed by atoms with van der Waals surface area (Å²) >= 11 is 5.38. The summed E-state index contributed by atoms with van der Waals surface area (Å²) in [5, 5.41) is 2.64. The Balaban J connectivity index is 2.41. The molecule has 1 fully saturated rings. The van der Waals surface area contributed by atoms with Crippen molar-refractivity contribution >= 4 is 23.6 Å². The molecule has 1 rings (SSSR count). The molecule has 1 N–H and O–H groups in total. The van der Waals surface area contributed by atoms with Gasteiger partial charge in [-0.2, -0.15) is 0 Å². The highest BCUT2D eigenvalue weighted by Crippen LogP contribution is 2.12. The molecule has 7 heteroatoms. The molecule has 19 heavy (non-hydrogen) atoms. The number of morpholine rings is 1. The lowest BCUT2D eigenvalue weighted by Crippen LogP contribution is -2.50. The molecule has 0 aromatic carbocycles. The summed E-state index contributed by atoms with van der Waals surface area (Å²) in [4.78, 5) is 24.5. The summed E-state index contributed by atoms with van der Waals surface area (Å²) in [6.45, 7) is 7.13. The Morgan fingerprint density at radius 1 is 1.47 bits per heavy atom. The molecule has 0 aliphatic carbocycles. The van der Waals surface area contributed by atoms with Crippen molar-refractivity contribution in [3.8, 4) is 0 Å². The molecule has 1 aliphatic heterocycles. The minimum atomic E-state index is -0.516. The van der Waals surface area contributed by atoms with Gasteiger partial charge in [-0.3, -0.25) is 4.79 Å². The first-order chi connectivity index (χ1) is 8.81. The second kappa shape index (κ2) is 6.96. The molecule has 110 valence electrons. The molecule has 0 unspecified atom stereocenters. The van der Waals surface area contributed by atoms with Crippen molar-refractivity contribution < 1.29 is 19.1 Å². The number of nitrogens with zero attached hydrogens (tertiary/aromatic N) is 1. The number of ether oxygens (including phenoxy) is 2. The lowest BCUT2D eigenvalue weighted by molar-refractivity contribution is -0.119. The van der Waals surface area contributed by atoms with Crippen LogP contribution in [0.15, 0.2) is 0 Å². The van der Waals surface area contributed by atoms with Gasteiger partial charge in [0.05, 0.1) is 19.3 Å². The summed E-state index contributed by atoms with van der Waals surface area (Å²) in [6.07, 6.45) is -0.585. The van der Waals surface area contributed by atoms with E-state index in [1.807, 2.05) is 20.8 Å². The van der Waals surface area contributed by atoms with E-state index in [-0.39, 0.29) is 24.0 Å². The summed E-state index contributed by atoms with van der Waals surface area (Å²) < 4.78 is 10.8. The van der Waals surface area contributed by atoms with Crippen molar-refractivity contribution in [1.29, 1.82) is 0 Å². The van der Waals surface area contributed by atoms with Crippen LogP contribution >= 0.6 is 11.6 Å². The highest BCUT2D eigenvalue weighted by atomic mass is 35.5. The Bertz CT molecular complexity index is 330. The first-order valence-electron chi connectivity index (χ1n) is 6.24. The average Bonchev–Trinajstić information content (AvgIpc) is 2.34. The molecule has 1 saturated heterocycles. The van der Waals surface area contributed by atoms with Crippen molar-refractivity contribution in [2.75, 3.05) is 32.1 Å². The lowest BCUT2D eigenvalue weighted by Gasteiger charge is -2.34. The minimum Gasteiger partial charge on any atom is -0.444 e. The summed E-state index contributed by atoms with van der Waals surface area (Å²) in [5.41, 5.74) is -0.516. The van der Waals surface area contributed by atoms with Crippen LogP contribution in [0.2, 0.25) is 0 Å². The molecule has 0 spiro atoms. The van der Waals surface area contributed by atoms with Crippen molar-refractivity contribution in [2.24, 2.45) is 0 Å². The molecule has 1 atom stereocenters. The van der Waals surface area contributed by atoms with Gasteiger partial charge < -0.3 is 19.7 Å². The molecule has 0 saturated carbocycles. The van der Waals surface area contributed by atoms with Crippen LogP contribution < -0.4 is 5.32 Å². The largest absolute Gasteiger partial charge is 0.444 e. The zero-order valence-electron chi connectivity index (χ0n) is 11.6. The Labute approximate surface area is 118 Å². The zero-order valence-corrected chi connectivity index (χ0v) is 12.3. The predicted molar refractivity (Wildman–Crippen MR) is 71.3 cm³/mol. The first-order valence-corrected chi connectivity index (χ1v) is 6.77. The number of hydrogen-bond donors (Lipinski definition) is 1. The molecule has 0 aromatic heterocycles. The SMILES string of the molecule is CC(C)(C)OC(=O)N1CCO[C@@H](CNC(=O)CCl)C1. The summed E-state index contributed by atoms with van der Waals surface area (Å²) in [5.74, 6) is -0.331. The van der Waals surface area contributed by atoms with E-state index in [4.69, 9.17) is 21.1 Å². The first kappa shape index (κ1) is 16.0. The monoisotopic (exact) mass is 292 g/mol. The molecule has 0 radical (unpaired) electrons. The fourth-order valence-electron chi connectivity index (χ4n) is 1.61. The standard InChI is InChI=1S/C12H21ClN2O4/c1-12(2,3)19-11(17)15-4-5-18-9(8-15)7-14-10(16)6-13/h9H,4-8H2,1-3H3,(H,14,16)/t9-/m0/s1. The fourth-order valence-corrected chi connectivity index (χ4v) is 1.70. The molecule has 1 heterocycles. The maximum Gasteiger partial charge on any atom is 0.410 e. The van der Waals surface area contributed by atoms with Crippen LogP contribution in [-0.4, -0.2) is 60.7 Å². The topological polar surface area (TPSA) is 67.9 Å². The Kier molecular flexibility index (Phi) is 5.87. The van der Waals surface area contributed by atoms with Gasteiger partial charge in [0.1, 0.15) is 11.5 Å². The average molecular weight is 293 g/mol. The van der Waals surface area contributed by atoms with Crippen molar-refractivity contribution in [3.63, 3.8) is 0 Å². The molecular weight excluding hydrogens is 272 g/mol. The van der Waals surface area contributed by atoms with Crippen LogP contribution in [0.4, 0.5) is 4.79 Å². The number of amides is 2. The number of carbonyl (C=O) groups is 2. The van der Waals surface area contributed by atoms with Gasteiger partial charge in [-0.05, 0) is 20.8 Å². The highest BCUT2D eigenvalue weighted by molar-refractivity contribution is 6.27. The van der Waals surface area contributed by atoms with Crippen LogP contribution in [0.5, 0.6) is 0 Å². The number of rotatable bonds is 3. The number of halogens is 1. The molecule has 0 aromatic rings. The van der Waals surface area contributed by atoms with Gasteiger partial charge in [0, 0.05) is 13.1 Å². The van der Waals surface area contributed by atoms with E-state index < -0.39 is 5.60 Å². The second-order valence-electron chi connectivity index (χ2n) is 5.36. The summed E-state index contributed by atoms with van der Waals surface area (Å²) in [6, 6.07) is 0. The van der Waals surface area contributed by atoms with Crippen LogP contribution in [0.1, 0.15) is 20.8 Å². The third-order valence-corrected chi connectivity index (χ3v) is 2.68. The van der Waals surface area contributed by atoms with E-state index in [1.54, 1.807) is 4.90 Å². The van der Waals surface area contributed by atoms with Crippen LogP contribution in [0, 0.1) is 0 Å². The third-order valence-electron chi connectivity index (χ3n) is 2.44. The third kappa shape index (κ3) is 6.11. The maximum atomic E-state index is 11.9. The van der Waals surface area contributed by atoms with Gasteiger partial charge in [0.25, 0.3) is 0 Å². The summed E-state index contributed by atoms with van der Waals surface area (Å²) in [7, 11) is 0. The number of alkyl halides is 1. The number of nitrogens with one attached hydrogen (secondary N) is 1. The van der Waals surface area contributed by atoms with Crippen molar-refractivity contribution in [1.82, 2.24) is 10.2 Å². The zero-order chi connectivity index (χ0) is 14.5. The van der Waals surface area contributed by atoms with E-state index >= 15 is 0 Å². The number of hydrogen-bond acceptors (Lipinski definition) is 4. The lowest BCUT2D eigenvalue weighted by atomic mass is 10.2.